The van der Waals surface area contributed by atoms with E-state index in [1.165, 1.54) is 0 Å². The third kappa shape index (κ3) is 4.32. The van der Waals surface area contributed by atoms with Gasteiger partial charge in [-0.1, -0.05) is 43.8 Å². The van der Waals surface area contributed by atoms with Crippen molar-refractivity contribution in [3.63, 3.8) is 0 Å². The summed E-state index contributed by atoms with van der Waals surface area (Å²) in [6.07, 6.45) is 0. The van der Waals surface area contributed by atoms with Gasteiger partial charge >= 0.3 is 6.03 Å². The van der Waals surface area contributed by atoms with E-state index in [0.29, 0.717) is 5.89 Å². The van der Waals surface area contributed by atoms with Crippen molar-refractivity contribution in [2.24, 2.45) is 11.7 Å². The van der Waals surface area contributed by atoms with Gasteiger partial charge in [0.15, 0.2) is 0 Å². The van der Waals surface area contributed by atoms with Crippen LogP contribution in [0.15, 0.2) is 33.9 Å². The summed E-state index contributed by atoms with van der Waals surface area (Å²) < 4.78 is 5.63. The minimum absolute atomic E-state index is 0.0480. The van der Waals surface area contributed by atoms with Gasteiger partial charge in [0.25, 0.3) is 5.22 Å². The molecular weight excluding hydrogens is 316 g/mol. The van der Waals surface area contributed by atoms with Crippen LogP contribution in [0.25, 0.3) is 11.5 Å². The normalized spacial score (nSPS) is 12.2. The third-order valence-corrected chi connectivity index (χ3v) is 4.50. The standard InChI is InChI=1S/C15H18N4O3S/c1-8(2)11(12(20)17-14(16)21)23-15-19-18-13(22-15)10-7-5-4-6-9(10)3/h4-8,11H,1-3H3,(H3,16,17,20,21). The zero-order chi connectivity index (χ0) is 17.0. The second-order valence-corrected chi connectivity index (χ2v) is 6.42. The predicted octanol–water partition coefficient (Wildman–Crippen LogP) is 2.36. The number of carbonyl (C=O) groups excluding carboxylic acids is 2. The molecule has 8 heteroatoms. The summed E-state index contributed by atoms with van der Waals surface area (Å²) in [5.74, 6) is -0.135. The zero-order valence-corrected chi connectivity index (χ0v) is 13.9. The van der Waals surface area contributed by atoms with Crippen LogP contribution in [0, 0.1) is 12.8 Å². The lowest BCUT2D eigenvalue weighted by Gasteiger charge is -2.16. The largest absolute Gasteiger partial charge is 0.411 e. The monoisotopic (exact) mass is 334 g/mol. The molecule has 0 aliphatic heterocycles. The molecule has 1 unspecified atom stereocenters. The van der Waals surface area contributed by atoms with Gasteiger partial charge in [-0.3, -0.25) is 10.1 Å². The van der Waals surface area contributed by atoms with Crippen molar-refractivity contribution in [1.29, 1.82) is 0 Å². The van der Waals surface area contributed by atoms with E-state index in [-0.39, 0.29) is 11.1 Å². The number of nitrogens with zero attached hydrogens (tertiary/aromatic N) is 2. The van der Waals surface area contributed by atoms with Crippen molar-refractivity contribution in [2.45, 2.75) is 31.2 Å². The van der Waals surface area contributed by atoms with Crippen LogP contribution in [0.3, 0.4) is 0 Å². The number of benzene rings is 1. The third-order valence-electron chi connectivity index (χ3n) is 3.12. The summed E-state index contributed by atoms with van der Waals surface area (Å²) in [7, 11) is 0. The van der Waals surface area contributed by atoms with Crippen molar-refractivity contribution in [2.75, 3.05) is 0 Å². The second kappa shape index (κ2) is 7.28. The molecule has 3 N–H and O–H groups in total. The van der Waals surface area contributed by atoms with Crippen LogP contribution in [0.1, 0.15) is 19.4 Å². The average molecular weight is 334 g/mol. The van der Waals surface area contributed by atoms with Crippen molar-refractivity contribution >= 4 is 23.7 Å². The van der Waals surface area contributed by atoms with Crippen LogP contribution in [0.4, 0.5) is 4.79 Å². The molecule has 0 saturated heterocycles. The van der Waals surface area contributed by atoms with Gasteiger partial charge in [0.2, 0.25) is 11.8 Å². The van der Waals surface area contributed by atoms with Crippen LogP contribution in [0.2, 0.25) is 0 Å². The summed E-state index contributed by atoms with van der Waals surface area (Å²) in [4.78, 5) is 22.9. The fraction of sp³-hybridized carbons (Fsp3) is 0.333. The molecule has 1 heterocycles. The maximum absolute atomic E-state index is 12.0. The smallest absolute Gasteiger partial charge is 0.318 e. The topological polar surface area (TPSA) is 111 Å². The Hall–Kier alpha value is -2.35. The molecule has 0 fully saturated rings. The molecule has 0 bridgehead atoms. The Morgan fingerprint density at radius 3 is 2.57 bits per heavy atom. The molecule has 0 radical (unpaired) electrons. The van der Waals surface area contributed by atoms with Gasteiger partial charge in [-0.2, -0.15) is 0 Å². The van der Waals surface area contributed by atoms with Gasteiger partial charge < -0.3 is 10.2 Å². The molecule has 0 saturated carbocycles. The second-order valence-electron chi connectivity index (χ2n) is 5.32. The first-order valence-corrected chi connectivity index (χ1v) is 7.93. The summed E-state index contributed by atoms with van der Waals surface area (Å²) in [5, 5.41) is 9.77. The van der Waals surface area contributed by atoms with Gasteiger partial charge in [-0.05, 0) is 24.5 Å². The lowest BCUT2D eigenvalue weighted by molar-refractivity contribution is -0.120. The number of amides is 3. The van der Waals surface area contributed by atoms with Crippen molar-refractivity contribution in [3.8, 4) is 11.5 Å². The molecule has 2 aromatic rings. The highest BCUT2D eigenvalue weighted by molar-refractivity contribution is 8.00. The summed E-state index contributed by atoms with van der Waals surface area (Å²) in [5.41, 5.74) is 6.85. The maximum atomic E-state index is 12.0. The number of hydrogen-bond donors (Lipinski definition) is 2. The van der Waals surface area contributed by atoms with E-state index in [4.69, 9.17) is 10.2 Å². The first kappa shape index (κ1) is 17.0. The number of aryl methyl sites for hydroxylation is 1. The number of primary amides is 1. The number of nitrogens with one attached hydrogen (secondary N) is 1. The van der Waals surface area contributed by atoms with Crippen LogP contribution < -0.4 is 11.1 Å². The molecular formula is C15H18N4O3S. The van der Waals surface area contributed by atoms with Crippen LogP contribution >= 0.6 is 11.8 Å². The highest BCUT2D eigenvalue weighted by atomic mass is 32.2. The molecule has 2 rings (SSSR count). The number of hydrogen-bond acceptors (Lipinski definition) is 6. The molecule has 1 aromatic carbocycles. The van der Waals surface area contributed by atoms with E-state index in [1.54, 1.807) is 0 Å². The Balaban J connectivity index is 2.18. The fourth-order valence-corrected chi connectivity index (χ4v) is 2.84. The van der Waals surface area contributed by atoms with Crippen LogP contribution in [0.5, 0.6) is 0 Å². The fourth-order valence-electron chi connectivity index (χ4n) is 1.97. The highest BCUT2D eigenvalue weighted by Crippen LogP contribution is 2.30. The molecule has 0 aliphatic carbocycles. The molecule has 1 atom stereocenters. The summed E-state index contributed by atoms with van der Waals surface area (Å²) in [6.45, 7) is 5.66. The number of imide groups is 1. The van der Waals surface area contributed by atoms with E-state index in [2.05, 4.69) is 15.5 Å². The van der Waals surface area contributed by atoms with E-state index in [0.717, 1.165) is 22.9 Å². The van der Waals surface area contributed by atoms with E-state index in [1.807, 2.05) is 45.0 Å². The van der Waals surface area contributed by atoms with Gasteiger partial charge in [-0.15, -0.1) is 10.2 Å². The lowest BCUT2D eigenvalue weighted by Crippen LogP contribution is -2.42. The number of rotatable bonds is 5. The molecule has 23 heavy (non-hydrogen) atoms. The molecule has 3 amide bonds. The summed E-state index contributed by atoms with van der Waals surface area (Å²) in [6, 6.07) is 6.76. The van der Waals surface area contributed by atoms with Crippen molar-refractivity contribution in [1.82, 2.24) is 15.5 Å². The Morgan fingerprint density at radius 1 is 1.26 bits per heavy atom. The molecule has 1 aromatic heterocycles. The minimum Gasteiger partial charge on any atom is -0.411 e. The Bertz CT molecular complexity index is 714. The number of thioether (sulfide) groups is 1. The van der Waals surface area contributed by atoms with Crippen molar-refractivity contribution < 1.29 is 14.0 Å². The van der Waals surface area contributed by atoms with Crippen LogP contribution in [-0.2, 0) is 4.79 Å². The number of nitrogens with two attached hydrogens (primary N) is 1. The maximum Gasteiger partial charge on any atom is 0.318 e. The molecule has 7 nitrogen and oxygen atoms in total. The lowest BCUT2D eigenvalue weighted by atomic mass is 10.1. The highest BCUT2D eigenvalue weighted by Gasteiger charge is 2.27. The van der Waals surface area contributed by atoms with Gasteiger partial charge in [0.1, 0.15) is 0 Å². The van der Waals surface area contributed by atoms with Gasteiger partial charge in [0, 0.05) is 5.56 Å². The van der Waals surface area contributed by atoms with Gasteiger partial charge in [0.05, 0.1) is 5.25 Å². The minimum atomic E-state index is -0.882. The molecule has 0 spiro atoms. The SMILES string of the molecule is Cc1ccccc1-c1nnc(SC(C(=O)NC(N)=O)C(C)C)o1. The van der Waals surface area contributed by atoms with E-state index in [9.17, 15) is 9.59 Å². The predicted molar refractivity (Wildman–Crippen MR) is 86.7 cm³/mol. The Morgan fingerprint density at radius 2 is 1.96 bits per heavy atom. The zero-order valence-electron chi connectivity index (χ0n) is 13.1. The van der Waals surface area contributed by atoms with E-state index < -0.39 is 17.2 Å². The first-order chi connectivity index (χ1) is 10.9. The van der Waals surface area contributed by atoms with Crippen molar-refractivity contribution in [3.05, 3.63) is 29.8 Å². The number of aromatic nitrogens is 2. The Kier molecular flexibility index (Phi) is 5.38. The quantitative estimate of drug-likeness (QED) is 0.812. The summed E-state index contributed by atoms with van der Waals surface area (Å²) >= 11 is 1.11. The van der Waals surface area contributed by atoms with Gasteiger partial charge in [-0.25, -0.2) is 4.79 Å². The molecule has 0 aliphatic rings. The van der Waals surface area contributed by atoms with E-state index >= 15 is 0 Å². The number of carbonyl (C=O) groups is 2. The average Bonchev–Trinajstić information content (AvgIpc) is 2.92. The number of urea groups is 1. The Labute approximate surface area is 138 Å². The van der Waals surface area contributed by atoms with Crippen LogP contribution in [-0.4, -0.2) is 27.4 Å². The first-order valence-electron chi connectivity index (χ1n) is 7.05. The molecule has 122 valence electrons.